The predicted octanol–water partition coefficient (Wildman–Crippen LogP) is 1.64. The Bertz CT molecular complexity index is 345. The van der Waals surface area contributed by atoms with Crippen LogP contribution in [0.3, 0.4) is 0 Å². The predicted molar refractivity (Wildman–Crippen MR) is 63.7 cm³/mol. The summed E-state index contributed by atoms with van der Waals surface area (Å²) in [6, 6.07) is 0. The van der Waals surface area contributed by atoms with Gasteiger partial charge in [-0.1, -0.05) is 19.0 Å². The Balaban J connectivity index is 1.96. The van der Waals surface area contributed by atoms with Crippen LogP contribution in [0.15, 0.2) is 4.52 Å². The molecule has 0 spiro atoms. The second kappa shape index (κ2) is 5.60. The molecule has 0 bridgehead atoms. The highest BCUT2D eigenvalue weighted by molar-refractivity contribution is 5.05. The lowest BCUT2D eigenvalue weighted by molar-refractivity contribution is 0.114. The second-order valence-electron chi connectivity index (χ2n) is 4.88. The smallest absolute Gasteiger partial charge is 0.232 e. The van der Waals surface area contributed by atoms with E-state index in [-0.39, 0.29) is 5.41 Å². The Morgan fingerprint density at radius 1 is 1.41 bits per heavy atom. The first kappa shape index (κ1) is 12.5. The maximum atomic E-state index is 5.41. The summed E-state index contributed by atoms with van der Waals surface area (Å²) < 4.78 is 10.8. The maximum Gasteiger partial charge on any atom is 0.232 e. The van der Waals surface area contributed by atoms with Gasteiger partial charge in [-0.2, -0.15) is 4.98 Å². The molecule has 0 saturated carbocycles. The molecule has 0 aliphatic carbocycles. The van der Waals surface area contributed by atoms with E-state index in [4.69, 9.17) is 9.26 Å². The van der Waals surface area contributed by atoms with Crippen LogP contribution < -0.4 is 5.32 Å². The molecule has 1 aromatic rings. The average molecular weight is 239 g/mol. The number of rotatable bonds is 5. The fourth-order valence-corrected chi connectivity index (χ4v) is 2.06. The minimum absolute atomic E-state index is 0.0290. The monoisotopic (exact) mass is 239 g/mol. The van der Waals surface area contributed by atoms with Crippen molar-refractivity contribution in [3.8, 4) is 0 Å². The number of piperidine rings is 1. The van der Waals surface area contributed by atoms with Crippen molar-refractivity contribution in [1.29, 1.82) is 0 Å². The van der Waals surface area contributed by atoms with Gasteiger partial charge in [-0.25, -0.2) is 0 Å². The van der Waals surface area contributed by atoms with Crippen molar-refractivity contribution in [3.05, 3.63) is 11.7 Å². The first-order valence-corrected chi connectivity index (χ1v) is 6.36. The molecule has 1 fully saturated rings. The molecule has 5 nitrogen and oxygen atoms in total. The third-order valence-corrected chi connectivity index (χ3v) is 3.27. The van der Waals surface area contributed by atoms with E-state index in [2.05, 4.69) is 29.3 Å². The van der Waals surface area contributed by atoms with Gasteiger partial charge in [0.15, 0.2) is 5.82 Å². The molecule has 0 aromatic carbocycles. The molecule has 1 aliphatic rings. The van der Waals surface area contributed by atoms with Crippen LogP contribution in [-0.2, 0) is 16.8 Å². The van der Waals surface area contributed by atoms with Gasteiger partial charge in [0.25, 0.3) is 0 Å². The lowest BCUT2D eigenvalue weighted by atomic mass is 9.81. The zero-order chi connectivity index (χ0) is 12.1. The minimum atomic E-state index is 0.0290. The number of hydrogen-bond donors (Lipinski definition) is 1. The normalized spacial score (nSPS) is 19.4. The summed E-state index contributed by atoms with van der Waals surface area (Å²) in [7, 11) is 0. The third kappa shape index (κ3) is 3.04. The fourth-order valence-electron chi connectivity index (χ4n) is 2.06. The molecule has 96 valence electrons. The van der Waals surface area contributed by atoms with Crippen molar-refractivity contribution in [2.45, 2.75) is 45.1 Å². The second-order valence-corrected chi connectivity index (χ2v) is 4.88. The van der Waals surface area contributed by atoms with Crippen LogP contribution in [0.2, 0.25) is 0 Å². The zero-order valence-corrected chi connectivity index (χ0v) is 10.7. The van der Waals surface area contributed by atoms with Gasteiger partial charge in [0.1, 0.15) is 6.61 Å². The molecule has 2 heterocycles. The summed E-state index contributed by atoms with van der Waals surface area (Å²) in [5.74, 6) is 1.42. The van der Waals surface area contributed by atoms with Crippen LogP contribution in [0.4, 0.5) is 0 Å². The van der Waals surface area contributed by atoms with E-state index in [1.807, 2.05) is 0 Å². The van der Waals surface area contributed by atoms with Crippen LogP contribution in [0, 0.1) is 0 Å². The van der Waals surface area contributed by atoms with Crippen molar-refractivity contribution < 1.29 is 9.26 Å². The maximum absolute atomic E-state index is 5.41. The Morgan fingerprint density at radius 2 is 2.18 bits per heavy atom. The molecule has 1 aliphatic heterocycles. The summed E-state index contributed by atoms with van der Waals surface area (Å²) in [6.45, 7) is 7.49. The lowest BCUT2D eigenvalue weighted by Crippen LogP contribution is -2.37. The standard InChI is InChI=1S/C12H21N3O2/c1-3-8-16-9-10-14-11(17-15-10)12(2)4-6-13-7-5-12/h13H,3-9H2,1-2H3. The van der Waals surface area contributed by atoms with Crippen LogP contribution in [0.25, 0.3) is 0 Å². The van der Waals surface area contributed by atoms with E-state index in [0.29, 0.717) is 12.4 Å². The van der Waals surface area contributed by atoms with Gasteiger partial charge in [-0.05, 0) is 32.4 Å². The molecule has 17 heavy (non-hydrogen) atoms. The third-order valence-electron chi connectivity index (χ3n) is 3.27. The number of ether oxygens (including phenoxy) is 1. The van der Waals surface area contributed by atoms with E-state index in [1.165, 1.54) is 0 Å². The van der Waals surface area contributed by atoms with Gasteiger partial charge in [-0.3, -0.25) is 0 Å². The van der Waals surface area contributed by atoms with Gasteiger partial charge in [-0.15, -0.1) is 0 Å². The quantitative estimate of drug-likeness (QED) is 0.791. The molecule has 2 rings (SSSR count). The van der Waals surface area contributed by atoms with Crippen molar-refractivity contribution >= 4 is 0 Å². The van der Waals surface area contributed by atoms with Crippen LogP contribution >= 0.6 is 0 Å². The highest BCUT2D eigenvalue weighted by Gasteiger charge is 2.34. The fraction of sp³-hybridized carbons (Fsp3) is 0.833. The van der Waals surface area contributed by atoms with Crippen molar-refractivity contribution in [1.82, 2.24) is 15.5 Å². The zero-order valence-electron chi connectivity index (χ0n) is 10.7. The summed E-state index contributed by atoms with van der Waals surface area (Å²) in [4.78, 5) is 4.45. The molecule has 0 atom stereocenters. The van der Waals surface area contributed by atoms with Gasteiger partial charge in [0, 0.05) is 12.0 Å². The Morgan fingerprint density at radius 3 is 2.88 bits per heavy atom. The SMILES string of the molecule is CCCOCc1noc(C2(C)CCNCC2)n1. The topological polar surface area (TPSA) is 60.2 Å². The largest absolute Gasteiger partial charge is 0.373 e. The van der Waals surface area contributed by atoms with Crippen LogP contribution in [0.5, 0.6) is 0 Å². The van der Waals surface area contributed by atoms with E-state index in [0.717, 1.165) is 44.8 Å². The molecule has 0 radical (unpaired) electrons. The Labute approximate surface area is 102 Å². The lowest BCUT2D eigenvalue weighted by Gasteiger charge is -2.30. The molecule has 1 aromatic heterocycles. The molecular formula is C12H21N3O2. The molecule has 5 heteroatoms. The van der Waals surface area contributed by atoms with Crippen molar-refractivity contribution in [3.63, 3.8) is 0 Å². The number of nitrogens with zero attached hydrogens (tertiary/aromatic N) is 2. The first-order chi connectivity index (χ1) is 8.24. The molecule has 1 saturated heterocycles. The van der Waals surface area contributed by atoms with Gasteiger partial charge >= 0.3 is 0 Å². The molecule has 0 unspecified atom stereocenters. The van der Waals surface area contributed by atoms with E-state index in [1.54, 1.807) is 0 Å². The van der Waals surface area contributed by atoms with Gasteiger partial charge in [0.05, 0.1) is 0 Å². The molecule has 1 N–H and O–H groups in total. The minimum Gasteiger partial charge on any atom is -0.373 e. The Kier molecular flexibility index (Phi) is 4.12. The summed E-state index contributed by atoms with van der Waals surface area (Å²) in [5.41, 5.74) is 0.0290. The molecule has 0 amide bonds. The van der Waals surface area contributed by atoms with Gasteiger partial charge < -0.3 is 14.6 Å². The van der Waals surface area contributed by atoms with E-state index in [9.17, 15) is 0 Å². The summed E-state index contributed by atoms with van der Waals surface area (Å²) in [6.07, 6.45) is 3.10. The first-order valence-electron chi connectivity index (χ1n) is 6.36. The summed E-state index contributed by atoms with van der Waals surface area (Å²) in [5, 5.41) is 7.32. The van der Waals surface area contributed by atoms with E-state index < -0.39 is 0 Å². The number of hydrogen-bond acceptors (Lipinski definition) is 5. The average Bonchev–Trinajstić information content (AvgIpc) is 2.80. The van der Waals surface area contributed by atoms with Crippen LogP contribution in [0.1, 0.15) is 44.8 Å². The number of aromatic nitrogens is 2. The highest BCUT2D eigenvalue weighted by Crippen LogP contribution is 2.31. The number of nitrogens with one attached hydrogen (secondary N) is 1. The van der Waals surface area contributed by atoms with Gasteiger partial charge in [0.2, 0.25) is 5.89 Å². The Hall–Kier alpha value is -0.940. The van der Waals surface area contributed by atoms with Crippen molar-refractivity contribution in [2.75, 3.05) is 19.7 Å². The van der Waals surface area contributed by atoms with Crippen molar-refractivity contribution in [2.24, 2.45) is 0 Å². The summed E-state index contributed by atoms with van der Waals surface area (Å²) >= 11 is 0. The van der Waals surface area contributed by atoms with E-state index >= 15 is 0 Å². The molecular weight excluding hydrogens is 218 g/mol. The highest BCUT2D eigenvalue weighted by atomic mass is 16.5. The van der Waals surface area contributed by atoms with Crippen LogP contribution in [-0.4, -0.2) is 29.8 Å².